The quantitative estimate of drug-likeness (QED) is 0.396. The molecule has 6 nitrogen and oxygen atoms in total. The Balaban J connectivity index is 1.76. The Labute approximate surface area is 202 Å². The Morgan fingerprint density at radius 1 is 0.971 bits per heavy atom. The zero-order valence-corrected chi connectivity index (χ0v) is 20.2. The maximum atomic E-state index is 13.4. The number of anilines is 1. The van der Waals surface area contributed by atoms with Crippen LogP contribution >= 0.6 is 11.6 Å². The summed E-state index contributed by atoms with van der Waals surface area (Å²) in [6, 6.07) is 19.8. The van der Waals surface area contributed by atoms with E-state index in [0.29, 0.717) is 16.2 Å². The van der Waals surface area contributed by atoms with Gasteiger partial charge in [0.25, 0.3) is 0 Å². The number of para-hydroxylation sites is 1. The molecule has 0 aliphatic carbocycles. The summed E-state index contributed by atoms with van der Waals surface area (Å²) in [6.07, 6.45) is 1.25. The highest BCUT2D eigenvalue weighted by molar-refractivity contribution is 7.91. The lowest BCUT2D eigenvalue weighted by atomic mass is 10.0. The lowest BCUT2D eigenvalue weighted by Gasteiger charge is -2.14. The molecule has 0 aliphatic rings. The van der Waals surface area contributed by atoms with E-state index in [-0.39, 0.29) is 33.5 Å². The standard InChI is InChI=1S/C26H23ClN2O4S/c1-17(2)18-7-13-21(14-8-18)34(32,33)24-15-29(23-6-4-3-5-22(23)26(24)31)16-25(30)28-20-11-9-19(27)10-12-20/h3-15,17H,16H2,1-2H3,(H,28,30). The van der Waals surface area contributed by atoms with Crippen molar-refractivity contribution in [2.24, 2.45) is 0 Å². The molecule has 1 amide bonds. The minimum Gasteiger partial charge on any atom is -0.336 e. The van der Waals surface area contributed by atoms with Crippen molar-refractivity contribution >= 4 is 43.9 Å². The molecule has 0 spiro atoms. The predicted octanol–water partition coefficient (Wildman–Crippen LogP) is 5.25. The van der Waals surface area contributed by atoms with Crippen LogP contribution in [0.4, 0.5) is 5.69 Å². The second-order valence-corrected chi connectivity index (χ2v) is 10.6. The summed E-state index contributed by atoms with van der Waals surface area (Å²) in [5.74, 6) is -0.130. The summed E-state index contributed by atoms with van der Waals surface area (Å²) >= 11 is 5.89. The lowest BCUT2D eigenvalue weighted by Crippen LogP contribution is -2.23. The van der Waals surface area contributed by atoms with Gasteiger partial charge in [0.2, 0.25) is 21.2 Å². The maximum absolute atomic E-state index is 13.4. The molecule has 0 saturated heterocycles. The Morgan fingerprint density at radius 2 is 1.62 bits per heavy atom. The molecule has 3 aromatic carbocycles. The van der Waals surface area contributed by atoms with Crippen molar-refractivity contribution in [2.75, 3.05) is 5.32 Å². The largest absolute Gasteiger partial charge is 0.336 e. The SMILES string of the molecule is CC(C)c1ccc(S(=O)(=O)c2cn(CC(=O)Nc3ccc(Cl)cc3)c3ccccc3c2=O)cc1. The number of carbonyl (C=O) groups excluding carboxylic acids is 1. The second-order valence-electron chi connectivity index (χ2n) is 8.25. The molecule has 0 fully saturated rings. The first-order chi connectivity index (χ1) is 16.2. The Hall–Kier alpha value is -3.42. The van der Waals surface area contributed by atoms with Crippen LogP contribution in [0, 0.1) is 0 Å². The molecule has 0 bridgehead atoms. The van der Waals surface area contributed by atoms with Crippen molar-refractivity contribution in [1.82, 2.24) is 4.57 Å². The molecule has 4 rings (SSSR count). The minimum absolute atomic E-state index is 0.0291. The van der Waals surface area contributed by atoms with Gasteiger partial charge in [0, 0.05) is 22.3 Å². The van der Waals surface area contributed by atoms with E-state index in [1.54, 1.807) is 60.7 Å². The monoisotopic (exact) mass is 494 g/mol. The number of aromatic nitrogens is 1. The summed E-state index contributed by atoms with van der Waals surface area (Å²) < 4.78 is 28.3. The van der Waals surface area contributed by atoms with E-state index in [1.807, 2.05) is 13.8 Å². The number of nitrogens with one attached hydrogen (secondary N) is 1. The number of hydrogen-bond acceptors (Lipinski definition) is 4. The highest BCUT2D eigenvalue weighted by atomic mass is 35.5. The van der Waals surface area contributed by atoms with Gasteiger partial charge in [0.05, 0.1) is 10.4 Å². The predicted molar refractivity (Wildman–Crippen MR) is 134 cm³/mol. The summed E-state index contributed by atoms with van der Waals surface area (Å²) in [6.45, 7) is 3.85. The number of rotatable bonds is 6. The van der Waals surface area contributed by atoms with Crippen LogP contribution < -0.4 is 10.7 Å². The van der Waals surface area contributed by atoms with E-state index in [4.69, 9.17) is 11.6 Å². The highest BCUT2D eigenvalue weighted by Gasteiger charge is 2.24. The van der Waals surface area contributed by atoms with Crippen molar-refractivity contribution in [3.8, 4) is 0 Å². The second kappa shape index (κ2) is 9.44. The van der Waals surface area contributed by atoms with Crippen molar-refractivity contribution in [1.29, 1.82) is 0 Å². The molecular weight excluding hydrogens is 472 g/mol. The molecule has 0 unspecified atom stereocenters. The number of sulfone groups is 1. The average molecular weight is 495 g/mol. The fourth-order valence-corrected chi connectivity index (χ4v) is 5.18. The molecule has 8 heteroatoms. The molecule has 4 aromatic rings. The van der Waals surface area contributed by atoms with Gasteiger partial charge in [0.15, 0.2) is 0 Å². The molecule has 1 aromatic heterocycles. The summed E-state index contributed by atoms with van der Waals surface area (Å²) in [4.78, 5) is 25.6. The molecule has 1 heterocycles. The van der Waals surface area contributed by atoms with E-state index < -0.39 is 15.3 Å². The maximum Gasteiger partial charge on any atom is 0.244 e. The van der Waals surface area contributed by atoms with Gasteiger partial charge in [-0.15, -0.1) is 0 Å². The van der Waals surface area contributed by atoms with Gasteiger partial charge in [-0.3, -0.25) is 9.59 Å². The number of carbonyl (C=O) groups is 1. The number of benzene rings is 3. The molecule has 1 N–H and O–H groups in total. The van der Waals surface area contributed by atoms with Gasteiger partial charge in [-0.1, -0.05) is 49.7 Å². The van der Waals surface area contributed by atoms with Crippen LogP contribution in [0.5, 0.6) is 0 Å². The van der Waals surface area contributed by atoms with Gasteiger partial charge in [-0.25, -0.2) is 8.42 Å². The van der Waals surface area contributed by atoms with Gasteiger partial charge >= 0.3 is 0 Å². The summed E-state index contributed by atoms with van der Waals surface area (Å²) in [5.41, 5.74) is 1.41. The van der Waals surface area contributed by atoms with E-state index in [0.717, 1.165) is 5.56 Å². The third-order valence-corrected chi connectivity index (χ3v) is 7.56. The Morgan fingerprint density at radius 3 is 2.26 bits per heavy atom. The van der Waals surface area contributed by atoms with Crippen LogP contribution in [0.2, 0.25) is 5.02 Å². The van der Waals surface area contributed by atoms with Crippen LogP contribution in [-0.4, -0.2) is 18.9 Å². The highest BCUT2D eigenvalue weighted by Crippen LogP contribution is 2.24. The summed E-state index contributed by atoms with van der Waals surface area (Å²) in [7, 11) is -4.11. The molecule has 0 saturated carbocycles. The zero-order valence-electron chi connectivity index (χ0n) is 18.7. The van der Waals surface area contributed by atoms with Gasteiger partial charge in [0.1, 0.15) is 11.4 Å². The first-order valence-electron chi connectivity index (χ1n) is 10.7. The fraction of sp³-hybridized carbons (Fsp3) is 0.154. The number of hydrogen-bond donors (Lipinski definition) is 1. The van der Waals surface area contributed by atoms with Crippen LogP contribution in [0.15, 0.2) is 93.6 Å². The van der Waals surface area contributed by atoms with Crippen molar-refractivity contribution in [2.45, 2.75) is 36.1 Å². The van der Waals surface area contributed by atoms with Crippen LogP contribution in [0.25, 0.3) is 10.9 Å². The first kappa shape index (κ1) is 23.7. The summed E-state index contributed by atoms with van der Waals surface area (Å²) in [5, 5.41) is 3.52. The third-order valence-electron chi connectivity index (χ3n) is 5.54. The normalized spacial score (nSPS) is 11.6. The van der Waals surface area contributed by atoms with Crippen LogP contribution in [-0.2, 0) is 21.2 Å². The lowest BCUT2D eigenvalue weighted by molar-refractivity contribution is -0.116. The Bertz CT molecular complexity index is 1520. The third kappa shape index (κ3) is 4.76. The van der Waals surface area contributed by atoms with Crippen LogP contribution in [0.3, 0.4) is 0 Å². The van der Waals surface area contributed by atoms with Gasteiger partial charge in [-0.2, -0.15) is 0 Å². The minimum atomic E-state index is -4.11. The molecule has 0 atom stereocenters. The fourth-order valence-electron chi connectivity index (χ4n) is 3.69. The molecule has 0 aliphatic heterocycles. The molecule has 34 heavy (non-hydrogen) atoms. The number of halogens is 1. The van der Waals surface area contributed by atoms with E-state index in [9.17, 15) is 18.0 Å². The molecule has 0 radical (unpaired) electrons. The number of fused-ring (bicyclic) bond motifs is 1. The Kier molecular flexibility index (Phi) is 6.59. The van der Waals surface area contributed by atoms with Gasteiger partial charge in [-0.05, 0) is 60.0 Å². The van der Waals surface area contributed by atoms with Crippen molar-refractivity contribution in [3.05, 3.63) is 99.8 Å². The zero-order chi connectivity index (χ0) is 24.5. The van der Waals surface area contributed by atoms with E-state index >= 15 is 0 Å². The molecule has 174 valence electrons. The number of amides is 1. The van der Waals surface area contributed by atoms with Crippen LogP contribution in [0.1, 0.15) is 25.3 Å². The smallest absolute Gasteiger partial charge is 0.244 e. The van der Waals surface area contributed by atoms with E-state index in [1.165, 1.54) is 22.9 Å². The molecular formula is C26H23ClN2O4S. The number of pyridine rings is 1. The van der Waals surface area contributed by atoms with Gasteiger partial charge < -0.3 is 9.88 Å². The topological polar surface area (TPSA) is 85.2 Å². The van der Waals surface area contributed by atoms with Crippen molar-refractivity contribution < 1.29 is 13.2 Å². The van der Waals surface area contributed by atoms with E-state index in [2.05, 4.69) is 5.32 Å². The average Bonchev–Trinajstić information content (AvgIpc) is 2.82. The first-order valence-corrected chi connectivity index (χ1v) is 12.6. The number of nitrogens with zero attached hydrogens (tertiary/aromatic N) is 1. The van der Waals surface area contributed by atoms with Crippen molar-refractivity contribution in [3.63, 3.8) is 0 Å².